The van der Waals surface area contributed by atoms with E-state index in [1.54, 1.807) is 30.3 Å². The van der Waals surface area contributed by atoms with Crippen LogP contribution in [0.3, 0.4) is 0 Å². The highest BCUT2D eigenvalue weighted by Gasteiger charge is 2.48. The predicted octanol–water partition coefficient (Wildman–Crippen LogP) is 4.43. The second-order valence-electron chi connectivity index (χ2n) is 6.52. The van der Waals surface area contributed by atoms with Crippen molar-refractivity contribution in [2.45, 2.75) is 5.51 Å². The number of aromatic nitrogens is 1. The molecule has 2 heterocycles. The summed E-state index contributed by atoms with van der Waals surface area (Å²) in [7, 11) is -5.89. The lowest BCUT2D eigenvalue weighted by molar-refractivity contribution is -0.0499. The van der Waals surface area contributed by atoms with Crippen molar-refractivity contribution in [2.75, 3.05) is 0 Å². The number of fused-ring (bicyclic) bond motifs is 5. The summed E-state index contributed by atoms with van der Waals surface area (Å²) in [6.07, 6.45) is 0. The molecule has 3 aromatic carbocycles. The van der Waals surface area contributed by atoms with Gasteiger partial charge in [-0.15, -0.1) is 0 Å². The van der Waals surface area contributed by atoms with Gasteiger partial charge in [0.15, 0.2) is 5.75 Å². The van der Waals surface area contributed by atoms with E-state index in [9.17, 15) is 26.4 Å². The van der Waals surface area contributed by atoms with Gasteiger partial charge in [0.1, 0.15) is 0 Å². The summed E-state index contributed by atoms with van der Waals surface area (Å²) in [5, 5.41) is 2.02. The molecular weight excluding hydrogens is 407 g/mol. The Morgan fingerprint density at radius 2 is 1.41 bits per heavy atom. The SMILES string of the molecule is O=c1c2cccc(OS(=O)(=O)C(F)(F)F)c2c2cccc3c4ccccc4n1c32. The third-order valence-electron chi connectivity index (χ3n) is 4.91. The van der Waals surface area contributed by atoms with Gasteiger partial charge in [0.25, 0.3) is 5.56 Å². The Morgan fingerprint density at radius 3 is 2.17 bits per heavy atom. The smallest absolute Gasteiger partial charge is 0.375 e. The monoisotopic (exact) mass is 417 g/mol. The van der Waals surface area contributed by atoms with Crippen LogP contribution in [-0.2, 0) is 10.1 Å². The minimum absolute atomic E-state index is 0.0197. The molecule has 0 atom stereocenters. The van der Waals surface area contributed by atoms with Crippen LogP contribution in [0.4, 0.5) is 13.2 Å². The minimum Gasteiger partial charge on any atom is -0.375 e. The molecule has 0 aliphatic rings. The van der Waals surface area contributed by atoms with Crippen molar-refractivity contribution >= 4 is 48.1 Å². The molecule has 0 fully saturated rings. The summed E-state index contributed by atoms with van der Waals surface area (Å²) in [6.45, 7) is 0. The molecule has 2 aromatic heterocycles. The van der Waals surface area contributed by atoms with E-state index < -0.39 is 26.9 Å². The third-order valence-corrected chi connectivity index (χ3v) is 5.87. The summed E-state index contributed by atoms with van der Waals surface area (Å²) < 4.78 is 67.6. The third kappa shape index (κ3) is 2.34. The molecule has 0 amide bonds. The maximum atomic E-state index is 13.2. The number of rotatable bonds is 2. The highest BCUT2D eigenvalue weighted by molar-refractivity contribution is 7.88. The van der Waals surface area contributed by atoms with Crippen LogP contribution in [0.2, 0.25) is 0 Å². The topological polar surface area (TPSA) is 64.9 Å². The van der Waals surface area contributed by atoms with Gasteiger partial charge in [-0.1, -0.05) is 42.5 Å². The summed E-state index contributed by atoms with van der Waals surface area (Å²) in [5.41, 5.74) is -4.92. The lowest BCUT2D eigenvalue weighted by atomic mass is 10.0. The van der Waals surface area contributed by atoms with Gasteiger partial charge in [0, 0.05) is 21.5 Å². The van der Waals surface area contributed by atoms with E-state index in [1.807, 2.05) is 12.1 Å². The van der Waals surface area contributed by atoms with Gasteiger partial charge in [-0.3, -0.25) is 9.20 Å². The first-order valence-electron chi connectivity index (χ1n) is 8.42. The summed E-state index contributed by atoms with van der Waals surface area (Å²) in [6, 6.07) is 16.2. The van der Waals surface area contributed by atoms with E-state index >= 15 is 0 Å². The molecule has 5 rings (SSSR count). The quantitative estimate of drug-likeness (QED) is 0.242. The van der Waals surface area contributed by atoms with Gasteiger partial charge < -0.3 is 4.18 Å². The van der Waals surface area contributed by atoms with E-state index in [0.717, 1.165) is 16.8 Å². The molecule has 146 valence electrons. The van der Waals surface area contributed by atoms with Gasteiger partial charge in [-0.25, -0.2) is 0 Å². The van der Waals surface area contributed by atoms with Crippen molar-refractivity contribution in [3.8, 4) is 5.75 Å². The first-order valence-corrected chi connectivity index (χ1v) is 9.82. The molecule has 0 N–H and O–H groups in total. The minimum atomic E-state index is -5.89. The van der Waals surface area contributed by atoms with Gasteiger partial charge in [0.2, 0.25) is 0 Å². The second kappa shape index (κ2) is 5.60. The van der Waals surface area contributed by atoms with Gasteiger partial charge >= 0.3 is 15.6 Å². The molecule has 5 aromatic rings. The van der Waals surface area contributed by atoms with Crippen molar-refractivity contribution in [1.82, 2.24) is 4.40 Å². The van der Waals surface area contributed by atoms with Crippen LogP contribution < -0.4 is 9.74 Å². The summed E-state index contributed by atoms with van der Waals surface area (Å²) in [4.78, 5) is 13.2. The summed E-state index contributed by atoms with van der Waals surface area (Å²) >= 11 is 0. The van der Waals surface area contributed by atoms with Gasteiger partial charge in [-0.05, 0) is 18.2 Å². The van der Waals surface area contributed by atoms with Gasteiger partial charge in [0.05, 0.1) is 16.4 Å². The molecule has 0 saturated heterocycles. The fraction of sp³-hybridized carbons (Fsp3) is 0.0500. The first kappa shape index (κ1) is 17.7. The largest absolute Gasteiger partial charge is 0.534 e. The molecule has 29 heavy (non-hydrogen) atoms. The number of nitrogens with zero attached hydrogens (tertiary/aromatic N) is 1. The highest BCUT2D eigenvalue weighted by atomic mass is 32.2. The molecule has 0 unspecified atom stereocenters. The molecule has 5 nitrogen and oxygen atoms in total. The van der Waals surface area contributed by atoms with Crippen LogP contribution in [0.1, 0.15) is 0 Å². The Labute approximate surface area is 161 Å². The molecule has 9 heteroatoms. The van der Waals surface area contributed by atoms with Crippen LogP contribution in [0.25, 0.3) is 38.0 Å². The highest BCUT2D eigenvalue weighted by Crippen LogP contribution is 2.38. The van der Waals surface area contributed by atoms with Crippen molar-refractivity contribution in [1.29, 1.82) is 0 Å². The van der Waals surface area contributed by atoms with E-state index in [4.69, 9.17) is 0 Å². The Hall–Kier alpha value is -3.33. The molecule has 0 aliphatic carbocycles. The van der Waals surface area contributed by atoms with Crippen LogP contribution >= 0.6 is 0 Å². The summed E-state index contributed by atoms with van der Waals surface area (Å²) in [5.74, 6) is -0.544. The number of hydrogen-bond acceptors (Lipinski definition) is 4. The molecule has 0 bridgehead atoms. The van der Waals surface area contributed by atoms with E-state index in [0.29, 0.717) is 16.4 Å². The zero-order valence-corrected chi connectivity index (χ0v) is 15.2. The van der Waals surface area contributed by atoms with E-state index in [2.05, 4.69) is 4.18 Å². The van der Waals surface area contributed by atoms with Crippen LogP contribution in [0.5, 0.6) is 5.75 Å². The van der Waals surface area contributed by atoms with Crippen LogP contribution in [0.15, 0.2) is 65.5 Å². The molecule has 0 spiro atoms. The normalized spacial score (nSPS) is 13.1. The van der Waals surface area contributed by atoms with Crippen molar-refractivity contribution < 1.29 is 25.8 Å². The molecule has 0 radical (unpaired) electrons. The van der Waals surface area contributed by atoms with Crippen molar-refractivity contribution in [2.24, 2.45) is 0 Å². The Kier molecular flexibility index (Phi) is 3.43. The molecular formula is C20H10F3NO4S. The van der Waals surface area contributed by atoms with Crippen LogP contribution in [0, 0.1) is 0 Å². The number of para-hydroxylation sites is 2. The lowest BCUT2D eigenvalue weighted by Gasteiger charge is -2.13. The zero-order valence-electron chi connectivity index (χ0n) is 14.4. The molecule has 0 aliphatic heterocycles. The number of benzene rings is 3. The average molecular weight is 417 g/mol. The zero-order chi connectivity index (χ0) is 20.6. The Balaban J connectivity index is 1.99. The average Bonchev–Trinajstić information content (AvgIpc) is 3.01. The maximum absolute atomic E-state index is 13.2. The lowest BCUT2D eigenvalue weighted by Crippen LogP contribution is -2.28. The van der Waals surface area contributed by atoms with Crippen molar-refractivity contribution in [3.05, 3.63) is 71.0 Å². The molecule has 0 saturated carbocycles. The maximum Gasteiger partial charge on any atom is 0.534 e. The first-order chi connectivity index (χ1) is 13.7. The number of alkyl halides is 3. The van der Waals surface area contributed by atoms with Gasteiger partial charge in [-0.2, -0.15) is 21.6 Å². The number of hydrogen-bond donors (Lipinski definition) is 0. The van der Waals surface area contributed by atoms with Crippen molar-refractivity contribution in [3.63, 3.8) is 0 Å². The van der Waals surface area contributed by atoms with E-state index in [-0.39, 0.29) is 10.8 Å². The van der Waals surface area contributed by atoms with Crippen LogP contribution in [-0.4, -0.2) is 18.3 Å². The second-order valence-corrected chi connectivity index (χ2v) is 8.06. The number of pyridine rings is 1. The number of halogens is 3. The Bertz CT molecular complexity index is 1600. The standard InChI is InChI=1S/C20H10F3NO4S/c21-20(22,23)29(26,27)28-16-10-4-8-14-17(16)13-7-3-6-12-11-5-1-2-9-15(11)24(18(12)13)19(14)25/h1-10H. The predicted molar refractivity (Wildman–Crippen MR) is 103 cm³/mol. The Morgan fingerprint density at radius 1 is 0.793 bits per heavy atom. The fourth-order valence-corrected chi connectivity index (χ4v) is 4.24. The fourth-order valence-electron chi connectivity index (χ4n) is 3.77. The van der Waals surface area contributed by atoms with E-state index in [1.165, 1.54) is 16.5 Å².